The second kappa shape index (κ2) is 15.0. The Labute approximate surface area is 293 Å². The summed E-state index contributed by atoms with van der Waals surface area (Å²) < 4.78 is 33.8. The number of anilines is 1. The Morgan fingerprint density at radius 3 is 1.92 bits per heavy atom. The standard InChI is InChI=1S/C40H44N2O8/c1-45-27-11-9-10-25(20-27)32(43)22-29-28-23-36(49-5)37(50-6)24-30(28)38(26-14-15-34(47-3)35(21-26)48-4)39(29)40(44)42-18-16-41(17-19-42)31-12-7-8-13-33(31)46-2/h7-15,20-21,23-24,29,38-39H,16-19,22H2,1-6H3. The number of carbonyl (C=O) groups excluding carboxylic acids is 2. The number of benzene rings is 4. The summed E-state index contributed by atoms with van der Waals surface area (Å²) in [5.74, 6) is 2.05. The minimum absolute atomic E-state index is 0.0120. The Bertz CT molecular complexity index is 1850. The first kappa shape index (κ1) is 34.5. The van der Waals surface area contributed by atoms with E-state index >= 15 is 4.79 Å². The predicted octanol–water partition coefficient (Wildman–Crippen LogP) is 6.21. The van der Waals surface area contributed by atoms with Gasteiger partial charge in [0.2, 0.25) is 5.91 Å². The summed E-state index contributed by atoms with van der Waals surface area (Å²) in [5, 5.41) is 0. The summed E-state index contributed by atoms with van der Waals surface area (Å²) in [7, 11) is 9.62. The molecule has 10 nitrogen and oxygen atoms in total. The number of piperazine rings is 1. The van der Waals surface area contributed by atoms with Gasteiger partial charge in [-0.1, -0.05) is 30.3 Å². The number of methoxy groups -OCH3 is 6. The maximum Gasteiger partial charge on any atom is 0.227 e. The van der Waals surface area contributed by atoms with Crippen molar-refractivity contribution in [2.75, 3.05) is 73.7 Å². The van der Waals surface area contributed by atoms with Crippen molar-refractivity contribution in [2.45, 2.75) is 18.3 Å². The minimum atomic E-state index is -0.604. The van der Waals surface area contributed by atoms with Crippen molar-refractivity contribution in [2.24, 2.45) is 5.92 Å². The zero-order valence-electron chi connectivity index (χ0n) is 29.4. The van der Waals surface area contributed by atoms with Crippen LogP contribution in [-0.2, 0) is 4.79 Å². The number of para-hydroxylation sites is 2. The molecule has 1 fully saturated rings. The number of carbonyl (C=O) groups is 2. The molecule has 3 atom stereocenters. The summed E-state index contributed by atoms with van der Waals surface area (Å²) in [6, 6.07) is 24.7. The van der Waals surface area contributed by atoms with Gasteiger partial charge in [0.25, 0.3) is 0 Å². The smallest absolute Gasteiger partial charge is 0.227 e. The summed E-state index contributed by atoms with van der Waals surface area (Å²) in [4.78, 5) is 33.3. The van der Waals surface area contributed by atoms with Gasteiger partial charge in [0.15, 0.2) is 28.8 Å². The molecule has 0 N–H and O–H groups in total. The van der Waals surface area contributed by atoms with Crippen LogP contribution >= 0.6 is 0 Å². The Balaban J connectivity index is 1.43. The topological polar surface area (TPSA) is 96.0 Å². The summed E-state index contributed by atoms with van der Waals surface area (Å²) >= 11 is 0. The lowest BCUT2D eigenvalue weighted by atomic mass is 9.79. The fraction of sp³-hybridized carbons (Fsp3) is 0.350. The average Bonchev–Trinajstić information content (AvgIpc) is 3.48. The van der Waals surface area contributed by atoms with Gasteiger partial charge in [-0.15, -0.1) is 0 Å². The van der Waals surface area contributed by atoms with E-state index in [9.17, 15) is 4.79 Å². The highest BCUT2D eigenvalue weighted by Crippen LogP contribution is 2.55. The van der Waals surface area contributed by atoms with E-state index in [4.69, 9.17) is 28.4 Å². The maximum absolute atomic E-state index is 15.1. The zero-order valence-corrected chi connectivity index (χ0v) is 29.4. The predicted molar refractivity (Wildman–Crippen MR) is 191 cm³/mol. The average molecular weight is 681 g/mol. The van der Waals surface area contributed by atoms with E-state index in [-0.39, 0.29) is 18.1 Å². The van der Waals surface area contributed by atoms with Crippen LogP contribution in [0.15, 0.2) is 78.9 Å². The van der Waals surface area contributed by atoms with Gasteiger partial charge in [0.1, 0.15) is 11.5 Å². The molecule has 1 aliphatic carbocycles. The van der Waals surface area contributed by atoms with E-state index in [0.717, 1.165) is 28.1 Å². The Morgan fingerprint density at radius 1 is 0.620 bits per heavy atom. The summed E-state index contributed by atoms with van der Waals surface area (Å²) in [6.07, 6.45) is 0.108. The number of rotatable bonds is 12. The third-order valence-corrected chi connectivity index (χ3v) is 9.98. The second-order valence-corrected chi connectivity index (χ2v) is 12.4. The highest BCUT2D eigenvalue weighted by molar-refractivity contribution is 5.98. The Hall–Kier alpha value is -5.38. The molecule has 4 aromatic carbocycles. The molecule has 2 aliphatic rings. The molecule has 0 bridgehead atoms. The molecule has 262 valence electrons. The third kappa shape index (κ3) is 6.49. The van der Waals surface area contributed by atoms with Crippen LogP contribution in [0.3, 0.4) is 0 Å². The highest BCUT2D eigenvalue weighted by Gasteiger charge is 2.49. The number of Topliss-reactive ketones (excluding diaryl/α,β-unsaturated/α-hetero) is 1. The van der Waals surface area contributed by atoms with Crippen molar-refractivity contribution in [3.05, 3.63) is 101 Å². The van der Waals surface area contributed by atoms with Gasteiger partial charge in [0, 0.05) is 50.0 Å². The molecular weight excluding hydrogens is 636 g/mol. The molecule has 0 spiro atoms. The van der Waals surface area contributed by atoms with Crippen molar-refractivity contribution < 1.29 is 38.0 Å². The zero-order chi connectivity index (χ0) is 35.4. The number of amides is 1. The number of fused-ring (bicyclic) bond motifs is 1. The molecular formula is C40H44N2O8. The van der Waals surface area contributed by atoms with Crippen molar-refractivity contribution >= 4 is 17.4 Å². The molecule has 4 aromatic rings. The van der Waals surface area contributed by atoms with Gasteiger partial charge >= 0.3 is 0 Å². The Kier molecular flexibility index (Phi) is 10.4. The molecule has 0 saturated carbocycles. The number of ketones is 1. The van der Waals surface area contributed by atoms with E-state index in [2.05, 4.69) is 4.90 Å². The van der Waals surface area contributed by atoms with Crippen LogP contribution in [-0.4, -0.2) is 85.4 Å². The van der Waals surface area contributed by atoms with Gasteiger partial charge < -0.3 is 38.2 Å². The minimum Gasteiger partial charge on any atom is -0.497 e. The van der Waals surface area contributed by atoms with E-state index in [1.807, 2.05) is 65.6 Å². The van der Waals surface area contributed by atoms with Crippen LogP contribution in [0.1, 0.15) is 45.3 Å². The lowest BCUT2D eigenvalue weighted by Crippen LogP contribution is -2.51. The molecule has 10 heteroatoms. The maximum atomic E-state index is 15.1. The Morgan fingerprint density at radius 2 is 1.26 bits per heavy atom. The molecule has 0 radical (unpaired) electrons. The van der Waals surface area contributed by atoms with Gasteiger partial charge in [-0.05, 0) is 65.2 Å². The largest absolute Gasteiger partial charge is 0.497 e. The van der Waals surface area contributed by atoms with Crippen LogP contribution in [0.2, 0.25) is 0 Å². The van der Waals surface area contributed by atoms with E-state index < -0.39 is 17.8 Å². The molecule has 3 unspecified atom stereocenters. The van der Waals surface area contributed by atoms with E-state index in [1.54, 1.807) is 60.9 Å². The molecule has 1 heterocycles. The SMILES string of the molecule is COc1cccc(C(=O)CC2c3cc(OC)c(OC)cc3C(c3ccc(OC)c(OC)c3)C2C(=O)N2CCN(c3ccccc3OC)CC2)c1. The fourth-order valence-corrected chi connectivity index (χ4v) is 7.49. The van der Waals surface area contributed by atoms with E-state index in [0.29, 0.717) is 60.5 Å². The van der Waals surface area contributed by atoms with Crippen LogP contribution in [0.4, 0.5) is 5.69 Å². The molecule has 1 aliphatic heterocycles. The number of hydrogen-bond acceptors (Lipinski definition) is 9. The molecule has 1 amide bonds. The van der Waals surface area contributed by atoms with Crippen LogP contribution < -0.4 is 33.3 Å². The first-order valence-corrected chi connectivity index (χ1v) is 16.7. The monoisotopic (exact) mass is 680 g/mol. The van der Waals surface area contributed by atoms with Crippen molar-refractivity contribution in [1.82, 2.24) is 4.90 Å². The quantitative estimate of drug-likeness (QED) is 0.162. The molecule has 1 saturated heterocycles. The second-order valence-electron chi connectivity index (χ2n) is 12.4. The first-order valence-electron chi connectivity index (χ1n) is 16.7. The van der Waals surface area contributed by atoms with Gasteiger partial charge in [-0.25, -0.2) is 0 Å². The molecule has 6 rings (SSSR count). The van der Waals surface area contributed by atoms with Crippen LogP contribution in [0.5, 0.6) is 34.5 Å². The number of ether oxygens (including phenoxy) is 6. The van der Waals surface area contributed by atoms with Gasteiger partial charge in [0.05, 0.1) is 54.3 Å². The van der Waals surface area contributed by atoms with Crippen LogP contribution in [0.25, 0.3) is 0 Å². The fourth-order valence-electron chi connectivity index (χ4n) is 7.49. The third-order valence-electron chi connectivity index (χ3n) is 9.98. The number of hydrogen-bond donors (Lipinski definition) is 0. The van der Waals surface area contributed by atoms with Crippen molar-refractivity contribution in [3.8, 4) is 34.5 Å². The molecule has 0 aromatic heterocycles. The number of nitrogens with zero attached hydrogens (tertiary/aromatic N) is 2. The van der Waals surface area contributed by atoms with Crippen molar-refractivity contribution in [1.29, 1.82) is 0 Å². The lowest BCUT2D eigenvalue weighted by Gasteiger charge is -2.39. The first-order chi connectivity index (χ1) is 24.3. The van der Waals surface area contributed by atoms with E-state index in [1.165, 1.54) is 0 Å². The van der Waals surface area contributed by atoms with Crippen molar-refractivity contribution in [3.63, 3.8) is 0 Å². The van der Waals surface area contributed by atoms with Gasteiger partial charge in [-0.2, -0.15) is 0 Å². The lowest BCUT2D eigenvalue weighted by molar-refractivity contribution is -0.136. The molecule has 50 heavy (non-hydrogen) atoms. The summed E-state index contributed by atoms with van der Waals surface area (Å²) in [6.45, 7) is 2.32. The summed E-state index contributed by atoms with van der Waals surface area (Å²) in [5.41, 5.74) is 4.18. The van der Waals surface area contributed by atoms with Gasteiger partial charge in [-0.3, -0.25) is 9.59 Å². The highest BCUT2D eigenvalue weighted by atomic mass is 16.5. The van der Waals surface area contributed by atoms with Crippen LogP contribution in [0, 0.1) is 5.92 Å². The normalized spacial score (nSPS) is 18.2.